The van der Waals surface area contributed by atoms with Gasteiger partial charge in [-0.15, -0.1) is 0 Å². The van der Waals surface area contributed by atoms with Crippen LogP contribution in [-0.4, -0.2) is 59.1 Å². The van der Waals surface area contributed by atoms with Crippen LogP contribution in [0, 0.1) is 0 Å². The van der Waals surface area contributed by atoms with Gasteiger partial charge in [-0.05, 0) is 12.1 Å². The average molecular weight is 300 g/mol. The van der Waals surface area contributed by atoms with Crippen LogP contribution in [0.5, 0.6) is 0 Å². The van der Waals surface area contributed by atoms with Crippen molar-refractivity contribution < 1.29 is 14.3 Å². The third-order valence-corrected chi connectivity index (χ3v) is 4.12. The van der Waals surface area contributed by atoms with E-state index in [-0.39, 0.29) is 11.8 Å². The van der Waals surface area contributed by atoms with E-state index in [9.17, 15) is 9.59 Å². The highest BCUT2D eigenvalue weighted by molar-refractivity contribution is 6.07. The van der Waals surface area contributed by atoms with E-state index in [4.69, 9.17) is 4.74 Å². The van der Waals surface area contributed by atoms with Crippen molar-refractivity contribution in [1.29, 1.82) is 0 Å². The number of morpholine rings is 1. The largest absolute Gasteiger partial charge is 0.378 e. The lowest BCUT2D eigenvalue weighted by Gasteiger charge is -2.26. The normalized spacial score (nSPS) is 18.2. The Labute approximate surface area is 126 Å². The lowest BCUT2D eigenvalue weighted by atomic mass is 10.2. The number of hydrogen-bond acceptors (Lipinski definition) is 4. The molecule has 0 bridgehead atoms. The molecule has 114 valence electrons. The fraction of sp³-hybridized carbons (Fsp3) is 0.400. The highest BCUT2D eigenvalue weighted by Gasteiger charge is 2.27. The van der Waals surface area contributed by atoms with Gasteiger partial charge >= 0.3 is 0 Å². The van der Waals surface area contributed by atoms with Crippen LogP contribution in [0.1, 0.15) is 21.0 Å². The summed E-state index contributed by atoms with van der Waals surface area (Å²) in [6.45, 7) is 3.29. The predicted octanol–water partition coefficient (Wildman–Crippen LogP) is 0.252. The first-order valence-corrected chi connectivity index (χ1v) is 7.40. The monoisotopic (exact) mass is 300 g/mol. The Morgan fingerprint density at radius 3 is 2.86 bits per heavy atom. The van der Waals surface area contributed by atoms with Crippen molar-refractivity contribution in [2.45, 2.75) is 6.54 Å². The first kappa shape index (κ1) is 13.3. The van der Waals surface area contributed by atoms with Crippen molar-refractivity contribution >= 4 is 22.8 Å². The van der Waals surface area contributed by atoms with Crippen LogP contribution >= 0.6 is 0 Å². The van der Waals surface area contributed by atoms with Crippen molar-refractivity contribution in [2.75, 3.05) is 32.8 Å². The van der Waals surface area contributed by atoms with Crippen molar-refractivity contribution in [1.82, 2.24) is 19.8 Å². The Morgan fingerprint density at radius 2 is 2.05 bits per heavy atom. The number of hydrogen-bond donors (Lipinski definition) is 1. The zero-order valence-electron chi connectivity index (χ0n) is 12.0. The summed E-state index contributed by atoms with van der Waals surface area (Å²) in [6.07, 6.45) is 0. The number of carbonyl (C=O) groups excluding carboxylic acids is 2. The minimum absolute atomic E-state index is 0.0974. The van der Waals surface area contributed by atoms with Crippen molar-refractivity contribution in [2.24, 2.45) is 0 Å². The molecule has 22 heavy (non-hydrogen) atoms. The van der Waals surface area contributed by atoms with Gasteiger partial charge in [0.15, 0.2) is 5.82 Å². The summed E-state index contributed by atoms with van der Waals surface area (Å²) in [5.74, 6) is 0.190. The molecule has 7 heteroatoms. The van der Waals surface area contributed by atoms with Gasteiger partial charge in [0, 0.05) is 26.2 Å². The van der Waals surface area contributed by atoms with Gasteiger partial charge in [0.2, 0.25) is 0 Å². The molecule has 1 N–H and O–H groups in total. The zero-order valence-corrected chi connectivity index (χ0v) is 12.0. The Morgan fingerprint density at radius 1 is 1.23 bits per heavy atom. The second-order valence-electron chi connectivity index (χ2n) is 5.42. The smallest absolute Gasteiger partial charge is 0.290 e. The van der Waals surface area contributed by atoms with Crippen LogP contribution in [-0.2, 0) is 11.3 Å². The quantitative estimate of drug-likeness (QED) is 0.819. The standard InChI is InChI=1S/C15H16N4O3/c20-14-10-2-1-3-11-12(10)19(5-4-16-14)13(17-11)15(21)18-6-8-22-9-7-18/h1-3H,4-9H2,(H,16,20). The number of para-hydroxylation sites is 1. The van der Waals surface area contributed by atoms with Crippen LogP contribution in [0.2, 0.25) is 0 Å². The van der Waals surface area contributed by atoms with Crippen LogP contribution in [0.25, 0.3) is 11.0 Å². The Hall–Kier alpha value is -2.41. The third-order valence-electron chi connectivity index (χ3n) is 4.12. The lowest BCUT2D eigenvalue weighted by molar-refractivity contribution is 0.0292. The van der Waals surface area contributed by atoms with Crippen LogP contribution in [0.4, 0.5) is 0 Å². The van der Waals surface area contributed by atoms with Crippen LogP contribution in [0.3, 0.4) is 0 Å². The molecule has 0 atom stereocenters. The molecule has 0 radical (unpaired) electrons. The van der Waals surface area contributed by atoms with E-state index in [0.717, 1.165) is 5.52 Å². The Kier molecular flexibility index (Phi) is 3.07. The van der Waals surface area contributed by atoms with E-state index in [1.807, 2.05) is 10.6 Å². The maximum Gasteiger partial charge on any atom is 0.290 e. The molecule has 1 saturated heterocycles. The molecule has 2 aliphatic rings. The number of imidazole rings is 1. The highest BCUT2D eigenvalue weighted by Crippen LogP contribution is 2.23. The topological polar surface area (TPSA) is 76.5 Å². The first-order chi connectivity index (χ1) is 10.8. The van der Waals surface area contributed by atoms with Gasteiger partial charge in [-0.2, -0.15) is 0 Å². The molecule has 1 aromatic carbocycles. The van der Waals surface area contributed by atoms with Crippen LogP contribution in [0.15, 0.2) is 18.2 Å². The average Bonchev–Trinajstić information content (AvgIpc) is 2.84. The number of aromatic nitrogens is 2. The summed E-state index contributed by atoms with van der Waals surface area (Å²) >= 11 is 0. The van der Waals surface area contributed by atoms with Gasteiger partial charge in [0.05, 0.1) is 29.8 Å². The molecule has 0 saturated carbocycles. The third kappa shape index (κ3) is 1.97. The minimum atomic E-state index is -0.116. The summed E-state index contributed by atoms with van der Waals surface area (Å²) in [5.41, 5.74) is 2.00. The molecule has 1 aromatic heterocycles. The van der Waals surface area contributed by atoms with E-state index >= 15 is 0 Å². The van der Waals surface area contributed by atoms with E-state index in [0.29, 0.717) is 56.3 Å². The van der Waals surface area contributed by atoms with Gasteiger partial charge in [-0.1, -0.05) is 6.07 Å². The molecular weight excluding hydrogens is 284 g/mol. The SMILES string of the molecule is O=C1NCCn2c(C(=O)N3CCOCC3)nc3cccc1c32. The second-order valence-corrected chi connectivity index (χ2v) is 5.42. The summed E-state index contributed by atoms with van der Waals surface area (Å²) in [7, 11) is 0. The van der Waals surface area contributed by atoms with Crippen LogP contribution < -0.4 is 5.32 Å². The van der Waals surface area contributed by atoms with Gasteiger partial charge in [0.25, 0.3) is 11.8 Å². The minimum Gasteiger partial charge on any atom is -0.378 e. The van der Waals surface area contributed by atoms with E-state index in [1.54, 1.807) is 17.0 Å². The van der Waals surface area contributed by atoms with E-state index < -0.39 is 0 Å². The Bertz CT molecular complexity index is 761. The molecule has 0 spiro atoms. The molecule has 4 rings (SSSR count). The maximum absolute atomic E-state index is 12.8. The fourth-order valence-electron chi connectivity index (χ4n) is 3.03. The van der Waals surface area contributed by atoms with E-state index in [2.05, 4.69) is 10.3 Å². The van der Waals surface area contributed by atoms with Gasteiger partial charge in [0.1, 0.15) is 0 Å². The number of benzene rings is 1. The second kappa shape index (κ2) is 5.10. The number of amides is 2. The fourth-order valence-corrected chi connectivity index (χ4v) is 3.03. The summed E-state index contributed by atoms with van der Waals surface area (Å²) in [6, 6.07) is 5.40. The molecular formula is C15H16N4O3. The Balaban J connectivity index is 1.84. The summed E-state index contributed by atoms with van der Waals surface area (Å²) < 4.78 is 7.15. The molecule has 2 aliphatic heterocycles. The number of rotatable bonds is 1. The van der Waals surface area contributed by atoms with Gasteiger partial charge in [-0.3, -0.25) is 9.59 Å². The van der Waals surface area contributed by atoms with Gasteiger partial charge in [-0.25, -0.2) is 4.98 Å². The molecule has 3 heterocycles. The number of carbonyl (C=O) groups is 2. The molecule has 0 unspecified atom stereocenters. The molecule has 7 nitrogen and oxygen atoms in total. The zero-order chi connectivity index (χ0) is 15.1. The molecule has 0 aliphatic carbocycles. The molecule has 2 aromatic rings. The van der Waals surface area contributed by atoms with E-state index in [1.165, 1.54) is 0 Å². The summed E-state index contributed by atoms with van der Waals surface area (Å²) in [5, 5.41) is 2.85. The first-order valence-electron chi connectivity index (χ1n) is 7.40. The maximum atomic E-state index is 12.8. The number of nitrogens with zero attached hydrogens (tertiary/aromatic N) is 3. The number of ether oxygens (including phenoxy) is 1. The predicted molar refractivity (Wildman–Crippen MR) is 78.8 cm³/mol. The van der Waals surface area contributed by atoms with Gasteiger partial charge < -0.3 is 19.5 Å². The van der Waals surface area contributed by atoms with Crippen molar-refractivity contribution in [3.05, 3.63) is 29.6 Å². The lowest BCUT2D eigenvalue weighted by Crippen LogP contribution is -2.41. The number of nitrogens with one attached hydrogen (secondary N) is 1. The van der Waals surface area contributed by atoms with Crippen molar-refractivity contribution in [3.8, 4) is 0 Å². The molecule has 2 amide bonds. The highest BCUT2D eigenvalue weighted by atomic mass is 16.5. The molecule has 1 fully saturated rings. The van der Waals surface area contributed by atoms with Crippen molar-refractivity contribution in [3.63, 3.8) is 0 Å². The summed E-state index contributed by atoms with van der Waals surface area (Å²) in [4.78, 5) is 31.1.